The first-order valence-corrected chi connectivity index (χ1v) is 8.80. The standard InChI is InChI=1S/C15H28N4S/c1-5-9-16-14-13(6-2)15(18-11-17-14)19-12(4)8-10-20-7-3/h11-12H,5-10H2,1-4H3,(H2,16,17,18,19). The highest BCUT2D eigenvalue weighted by Crippen LogP contribution is 2.21. The second-order valence-electron chi connectivity index (χ2n) is 4.86. The maximum absolute atomic E-state index is 4.42. The van der Waals surface area contributed by atoms with E-state index in [9.17, 15) is 0 Å². The summed E-state index contributed by atoms with van der Waals surface area (Å²) < 4.78 is 0. The first kappa shape index (κ1) is 17.1. The van der Waals surface area contributed by atoms with E-state index >= 15 is 0 Å². The monoisotopic (exact) mass is 296 g/mol. The third-order valence-corrected chi connectivity index (χ3v) is 4.06. The summed E-state index contributed by atoms with van der Waals surface area (Å²) in [6.45, 7) is 9.68. The van der Waals surface area contributed by atoms with Crippen LogP contribution in [-0.4, -0.2) is 34.1 Å². The van der Waals surface area contributed by atoms with E-state index in [1.165, 1.54) is 17.1 Å². The zero-order valence-corrected chi connectivity index (χ0v) is 14.0. The third kappa shape index (κ3) is 5.57. The average Bonchev–Trinajstić information content (AvgIpc) is 2.45. The van der Waals surface area contributed by atoms with Gasteiger partial charge in [-0.3, -0.25) is 0 Å². The number of thioether (sulfide) groups is 1. The number of anilines is 2. The largest absolute Gasteiger partial charge is 0.370 e. The van der Waals surface area contributed by atoms with Gasteiger partial charge in [-0.15, -0.1) is 0 Å². The molecule has 20 heavy (non-hydrogen) atoms. The smallest absolute Gasteiger partial charge is 0.134 e. The van der Waals surface area contributed by atoms with Crippen LogP contribution in [0.5, 0.6) is 0 Å². The molecule has 5 heteroatoms. The van der Waals surface area contributed by atoms with Gasteiger partial charge in [0.1, 0.15) is 18.0 Å². The second-order valence-corrected chi connectivity index (χ2v) is 6.25. The number of hydrogen-bond donors (Lipinski definition) is 2. The lowest BCUT2D eigenvalue weighted by molar-refractivity contribution is 0.762. The lowest BCUT2D eigenvalue weighted by Gasteiger charge is -2.18. The van der Waals surface area contributed by atoms with Crippen LogP contribution in [0, 0.1) is 0 Å². The lowest BCUT2D eigenvalue weighted by Crippen LogP contribution is -2.19. The van der Waals surface area contributed by atoms with Gasteiger partial charge in [-0.25, -0.2) is 9.97 Å². The van der Waals surface area contributed by atoms with Crippen LogP contribution in [0.2, 0.25) is 0 Å². The molecule has 1 unspecified atom stereocenters. The van der Waals surface area contributed by atoms with Crippen LogP contribution in [0.15, 0.2) is 6.33 Å². The van der Waals surface area contributed by atoms with Crippen molar-refractivity contribution in [2.24, 2.45) is 0 Å². The summed E-state index contributed by atoms with van der Waals surface area (Å²) >= 11 is 1.99. The fourth-order valence-corrected chi connectivity index (χ4v) is 2.79. The molecule has 1 heterocycles. The zero-order chi connectivity index (χ0) is 14.8. The Kier molecular flexibility index (Phi) is 8.42. The molecular weight excluding hydrogens is 268 g/mol. The van der Waals surface area contributed by atoms with E-state index in [-0.39, 0.29) is 0 Å². The number of rotatable bonds is 10. The summed E-state index contributed by atoms with van der Waals surface area (Å²) in [6, 6.07) is 0.438. The first-order chi connectivity index (χ1) is 9.72. The van der Waals surface area contributed by atoms with Gasteiger partial charge in [-0.05, 0) is 37.7 Å². The van der Waals surface area contributed by atoms with Crippen molar-refractivity contribution in [1.82, 2.24) is 9.97 Å². The van der Waals surface area contributed by atoms with Gasteiger partial charge in [0.25, 0.3) is 0 Å². The average molecular weight is 296 g/mol. The van der Waals surface area contributed by atoms with Crippen molar-refractivity contribution in [2.75, 3.05) is 28.7 Å². The molecule has 4 nitrogen and oxygen atoms in total. The van der Waals surface area contributed by atoms with Crippen LogP contribution in [-0.2, 0) is 6.42 Å². The maximum atomic E-state index is 4.42. The molecule has 0 aromatic carbocycles. The molecule has 0 saturated carbocycles. The molecule has 0 aliphatic carbocycles. The molecule has 0 spiro atoms. The Labute approximate surface area is 127 Å². The number of nitrogens with one attached hydrogen (secondary N) is 2. The minimum Gasteiger partial charge on any atom is -0.370 e. The summed E-state index contributed by atoms with van der Waals surface area (Å²) in [7, 11) is 0. The van der Waals surface area contributed by atoms with E-state index in [2.05, 4.69) is 48.3 Å². The molecule has 114 valence electrons. The van der Waals surface area contributed by atoms with Crippen LogP contribution in [0.25, 0.3) is 0 Å². The van der Waals surface area contributed by atoms with Crippen molar-refractivity contribution in [3.05, 3.63) is 11.9 Å². The normalized spacial score (nSPS) is 12.2. The van der Waals surface area contributed by atoms with Gasteiger partial charge in [0.05, 0.1) is 0 Å². The number of aromatic nitrogens is 2. The minimum atomic E-state index is 0.438. The summed E-state index contributed by atoms with van der Waals surface area (Å²) in [6.07, 6.45) is 4.84. The number of hydrogen-bond acceptors (Lipinski definition) is 5. The van der Waals surface area contributed by atoms with Gasteiger partial charge in [-0.1, -0.05) is 20.8 Å². The van der Waals surface area contributed by atoms with Gasteiger partial charge >= 0.3 is 0 Å². The van der Waals surface area contributed by atoms with Crippen LogP contribution >= 0.6 is 11.8 Å². The van der Waals surface area contributed by atoms with Crippen molar-refractivity contribution in [1.29, 1.82) is 0 Å². The molecule has 0 amide bonds. The predicted octanol–water partition coefficient (Wildman–Crippen LogP) is 3.80. The van der Waals surface area contributed by atoms with Crippen molar-refractivity contribution < 1.29 is 0 Å². The minimum absolute atomic E-state index is 0.438. The van der Waals surface area contributed by atoms with Crippen molar-refractivity contribution >= 4 is 23.4 Å². The molecule has 2 N–H and O–H groups in total. The van der Waals surface area contributed by atoms with Crippen LogP contribution in [0.4, 0.5) is 11.6 Å². The summed E-state index contributed by atoms with van der Waals surface area (Å²) in [5.74, 6) is 4.33. The van der Waals surface area contributed by atoms with E-state index < -0.39 is 0 Å². The topological polar surface area (TPSA) is 49.8 Å². The lowest BCUT2D eigenvalue weighted by atomic mass is 10.2. The van der Waals surface area contributed by atoms with Crippen molar-refractivity contribution in [3.8, 4) is 0 Å². The highest BCUT2D eigenvalue weighted by atomic mass is 32.2. The van der Waals surface area contributed by atoms with Gasteiger partial charge in [0.2, 0.25) is 0 Å². The summed E-state index contributed by atoms with van der Waals surface area (Å²) in [4.78, 5) is 8.78. The molecule has 0 fully saturated rings. The molecule has 1 aromatic heterocycles. The van der Waals surface area contributed by atoms with E-state index in [4.69, 9.17) is 0 Å². The van der Waals surface area contributed by atoms with Crippen LogP contribution < -0.4 is 10.6 Å². The van der Waals surface area contributed by atoms with Gasteiger partial charge < -0.3 is 10.6 Å². The first-order valence-electron chi connectivity index (χ1n) is 7.64. The highest BCUT2D eigenvalue weighted by molar-refractivity contribution is 7.99. The Morgan fingerprint density at radius 2 is 1.95 bits per heavy atom. The Balaban J connectivity index is 2.68. The third-order valence-electron chi connectivity index (χ3n) is 3.12. The van der Waals surface area contributed by atoms with Crippen molar-refractivity contribution in [3.63, 3.8) is 0 Å². The van der Waals surface area contributed by atoms with Gasteiger partial charge in [0.15, 0.2) is 0 Å². The molecule has 0 saturated heterocycles. The van der Waals surface area contributed by atoms with Crippen molar-refractivity contribution in [2.45, 2.75) is 53.0 Å². The number of nitrogens with zero attached hydrogens (tertiary/aromatic N) is 2. The Morgan fingerprint density at radius 3 is 2.60 bits per heavy atom. The summed E-state index contributed by atoms with van der Waals surface area (Å²) in [5.41, 5.74) is 1.19. The maximum Gasteiger partial charge on any atom is 0.134 e. The van der Waals surface area contributed by atoms with E-state index in [1.807, 2.05) is 11.8 Å². The highest BCUT2D eigenvalue weighted by Gasteiger charge is 2.11. The molecule has 1 rings (SSSR count). The van der Waals surface area contributed by atoms with E-state index in [0.717, 1.165) is 37.4 Å². The van der Waals surface area contributed by atoms with Gasteiger partial charge in [-0.2, -0.15) is 11.8 Å². The second kappa shape index (κ2) is 9.86. The molecular formula is C15H28N4S. The van der Waals surface area contributed by atoms with Crippen LogP contribution in [0.3, 0.4) is 0 Å². The molecule has 1 atom stereocenters. The summed E-state index contributed by atoms with van der Waals surface area (Å²) in [5, 5.41) is 6.92. The van der Waals surface area contributed by atoms with E-state index in [1.54, 1.807) is 6.33 Å². The van der Waals surface area contributed by atoms with E-state index in [0.29, 0.717) is 6.04 Å². The molecule has 0 aliphatic rings. The quantitative estimate of drug-likeness (QED) is 0.643. The van der Waals surface area contributed by atoms with Crippen LogP contribution in [0.1, 0.15) is 46.1 Å². The molecule has 0 aliphatic heterocycles. The predicted molar refractivity (Wildman–Crippen MR) is 90.9 cm³/mol. The Hall–Kier alpha value is -0.970. The Morgan fingerprint density at radius 1 is 1.20 bits per heavy atom. The zero-order valence-electron chi connectivity index (χ0n) is 13.2. The van der Waals surface area contributed by atoms with Gasteiger partial charge in [0, 0.05) is 18.2 Å². The SMILES string of the molecule is CCCNc1ncnc(NC(C)CCSCC)c1CC. The fraction of sp³-hybridized carbons (Fsp3) is 0.733. The fourth-order valence-electron chi connectivity index (χ4n) is 1.98. The molecule has 0 bridgehead atoms. The Bertz CT molecular complexity index is 384. The molecule has 0 radical (unpaired) electrons. The molecule has 1 aromatic rings.